The minimum absolute atomic E-state index is 0.0191. The molecule has 2 saturated heterocycles. The lowest BCUT2D eigenvalue weighted by atomic mass is 9.49. The number of nitrogens with zero attached hydrogens (tertiary/aromatic N) is 2. The topological polar surface area (TPSA) is 116 Å². The first-order valence-corrected chi connectivity index (χ1v) is 18.7. The average molecular weight is 842 g/mol. The number of hydrazine groups is 1. The maximum absolute atomic E-state index is 15.3. The Balaban J connectivity index is 1.32. The van der Waals surface area contributed by atoms with Crippen LogP contribution in [0.4, 0.5) is 42.1 Å². The smallest absolute Gasteiger partial charge is 0.416 e. The van der Waals surface area contributed by atoms with Crippen molar-refractivity contribution in [2.24, 2.45) is 23.7 Å². The number of anilines is 2. The van der Waals surface area contributed by atoms with Gasteiger partial charge in [-0.05, 0) is 104 Å². The number of allylic oxidation sites excluding steroid dienone is 2. The third-order valence-corrected chi connectivity index (χ3v) is 12.0. The van der Waals surface area contributed by atoms with Crippen molar-refractivity contribution in [3.8, 4) is 11.5 Å². The fourth-order valence-electron chi connectivity index (χ4n) is 9.33. The highest BCUT2D eigenvalue weighted by molar-refractivity contribution is 6.30. The SMILES string of the molecule is CCOc1cc([C@H]2C3=CC[C@@H]4C(=O)N(c5cc(C(F)(F)F)cc(C(F)(F)F)c5)C(=O)[C@@H]4[C@@H]3C[C@H]3C(=O)N(Nc4ccc(F)cc4)C(=O)[C@@]23c2ccc(Cl)cc2)ccc1O. The van der Waals surface area contributed by atoms with Gasteiger partial charge in [-0.15, -0.1) is 0 Å². The summed E-state index contributed by atoms with van der Waals surface area (Å²) in [6, 6.07) is 15.9. The number of carbonyl (C=O) groups is 4. The lowest BCUT2D eigenvalue weighted by Crippen LogP contribution is -2.53. The van der Waals surface area contributed by atoms with Crippen LogP contribution in [0.5, 0.6) is 11.5 Å². The van der Waals surface area contributed by atoms with Crippen molar-refractivity contribution >= 4 is 46.6 Å². The molecular formula is C42H31ClF7N3O6. The van der Waals surface area contributed by atoms with Crippen LogP contribution in [-0.2, 0) is 36.9 Å². The van der Waals surface area contributed by atoms with Crippen LogP contribution in [0.1, 0.15) is 47.9 Å². The molecule has 0 radical (unpaired) electrons. The zero-order valence-electron chi connectivity index (χ0n) is 30.6. The molecule has 1 saturated carbocycles. The molecule has 0 bridgehead atoms. The highest BCUT2D eigenvalue weighted by atomic mass is 35.5. The summed E-state index contributed by atoms with van der Waals surface area (Å²) in [5, 5.41) is 11.8. The molecule has 8 rings (SSSR count). The number of hydrogen-bond donors (Lipinski definition) is 2. The molecule has 2 N–H and O–H groups in total. The molecular weight excluding hydrogens is 811 g/mol. The Hall–Kier alpha value is -5.90. The number of aromatic hydroxyl groups is 1. The number of alkyl halides is 6. The summed E-state index contributed by atoms with van der Waals surface area (Å²) in [6.07, 6.45) is -9.36. The summed E-state index contributed by atoms with van der Waals surface area (Å²) >= 11 is 6.31. The largest absolute Gasteiger partial charge is 0.504 e. The number of fused-ring (bicyclic) bond motifs is 4. The molecule has 4 aliphatic rings. The van der Waals surface area contributed by atoms with E-state index >= 15 is 4.79 Å². The van der Waals surface area contributed by atoms with Gasteiger partial charge >= 0.3 is 12.4 Å². The highest BCUT2D eigenvalue weighted by Crippen LogP contribution is 2.64. The summed E-state index contributed by atoms with van der Waals surface area (Å²) < 4.78 is 103. The first-order chi connectivity index (χ1) is 27.9. The number of hydrogen-bond acceptors (Lipinski definition) is 7. The fourth-order valence-corrected chi connectivity index (χ4v) is 9.46. The second kappa shape index (κ2) is 14.1. The molecule has 3 fully saturated rings. The highest BCUT2D eigenvalue weighted by Gasteiger charge is 2.70. The van der Waals surface area contributed by atoms with Crippen molar-refractivity contribution in [2.75, 3.05) is 16.9 Å². The quantitative estimate of drug-likeness (QED) is 0.109. The molecule has 0 spiro atoms. The van der Waals surface area contributed by atoms with E-state index in [9.17, 15) is 50.2 Å². The molecule has 306 valence electrons. The number of nitrogens with one attached hydrogen (secondary N) is 1. The molecule has 0 unspecified atom stereocenters. The molecule has 6 atom stereocenters. The van der Waals surface area contributed by atoms with Gasteiger partial charge < -0.3 is 9.84 Å². The fraction of sp³-hybridized carbons (Fsp3) is 0.286. The Morgan fingerprint density at radius 1 is 0.831 bits per heavy atom. The van der Waals surface area contributed by atoms with Crippen molar-refractivity contribution in [3.05, 3.63) is 130 Å². The Morgan fingerprint density at radius 2 is 1.47 bits per heavy atom. The van der Waals surface area contributed by atoms with Crippen molar-refractivity contribution in [1.29, 1.82) is 0 Å². The van der Waals surface area contributed by atoms with E-state index in [-0.39, 0.29) is 42.7 Å². The lowest BCUT2D eigenvalue weighted by Gasteiger charge is -2.50. The Kier molecular flexibility index (Phi) is 9.56. The number of benzene rings is 4. The molecule has 4 aromatic rings. The molecule has 59 heavy (non-hydrogen) atoms. The Labute approximate surface area is 336 Å². The van der Waals surface area contributed by atoms with E-state index in [0.29, 0.717) is 38.8 Å². The summed E-state index contributed by atoms with van der Waals surface area (Å²) in [4.78, 5) is 59.1. The van der Waals surface area contributed by atoms with Gasteiger partial charge in [0.1, 0.15) is 5.82 Å². The molecule has 2 aliphatic heterocycles. The number of amides is 4. The number of rotatable bonds is 7. The zero-order chi connectivity index (χ0) is 42.3. The van der Waals surface area contributed by atoms with Crippen LogP contribution in [0.25, 0.3) is 0 Å². The van der Waals surface area contributed by atoms with Crippen molar-refractivity contribution < 1.29 is 59.8 Å². The molecule has 9 nitrogen and oxygen atoms in total. The van der Waals surface area contributed by atoms with Gasteiger partial charge in [0.15, 0.2) is 11.5 Å². The predicted octanol–water partition coefficient (Wildman–Crippen LogP) is 8.81. The number of imide groups is 2. The summed E-state index contributed by atoms with van der Waals surface area (Å²) in [7, 11) is 0. The van der Waals surface area contributed by atoms with Crippen molar-refractivity contribution in [2.45, 2.75) is 43.5 Å². The molecule has 4 aromatic carbocycles. The average Bonchev–Trinajstić information content (AvgIpc) is 3.56. The number of phenolic OH excluding ortho intramolecular Hbond substituents is 1. The van der Waals surface area contributed by atoms with Crippen LogP contribution in [0.2, 0.25) is 5.02 Å². The van der Waals surface area contributed by atoms with Crippen molar-refractivity contribution in [3.63, 3.8) is 0 Å². The van der Waals surface area contributed by atoms with Crippen LogP contribution >= 0.6 is 11.6 Å². The van der Waals surface area contributed by atoms with E-state index < -0.39 is 93.6 Å². The maximum Gasteiger partial charge on any atom is 0.416 e. The van der Waals surface area contributed by atoms with Crippen LogP contribution in [0.3, 0.4) is 0 Å². The number of ether oxygens (including phenoxy) is 1. The second-order valence-corrected chi connectivity index (χ2v) is 15.2. The minimum atomic E-state index is -5.27. The maximum atomic E-state index is 15.3. The van der Waals surface area contributed by atoms with Gasteiger partial charge in [-0.2, -0.15) is 31.4 Å². The third kappa shape index (κ3) is 6.39. The Bertz CT molecular complexity index is 2410. The normalized spacial score (nSPS) is 25.4. The Morgan fingerprint density at radius 3 is 2.08 bits per heavy atom. The first-order valence-electron chi connectivity index (χ1n) is 18.4. The summed E-state index contributed by atoms with van der Waals surface area (Å²) in [6.45, 7) is 1.79. The van der Waals surface area contributed by atoms with Gasteiger partial charge in [-0.3, -0.25) is 24.6 Å². The molecule has 17 heteroatoms. The van der Waals surface area contributed by atoms with E-state index in [1.807, 2.05) is 0 Å². The molecule has 2 aliphatic carbocycles. The summed E-state index contributed by atoms with van der Waals surface area (Å²) in [5.41, 5.74) is -2.15. The number of halogens is 8. The van der Waals surface area contributed by atoms with Crippen LogP contribution in [0, 0.1) is 29.5 Å². The van der Waals surface area contributed by atoms with Gasteiger partial charge in [-0.25, -0.2) is 9.29 Å². The van der Waals surface area contributed by atoms with Crippen molar-refractivity contribution in [1.82, 2.24) is 5.01 Å². The number of carbonyl (C=O) groups excluding carboxylic acids is 4. The van der Waals surface area contributed by atoms with E-state index in [1.54, 1.807) is 25.1 Å². The number of phenols is 1. The molecule has 0 aromatic heterocycles. The minimum Gasteiger partial charge on any atom is -0.504 e. The first kappa shape index (κ1) is 39.9. The van der Waals surface area contributed by atoms with Gasteiger partial charge in [0.25, 0.3) is 11.8 Å². The second-order valence-electron chi connectivity index (χ2n) is 14.8. The monoisotopic (exact) mass is 841 g/mol. The molecule has 2 heterocycles. The van der Waals surface area contributed by atoms with Gasteiger partial charge in [0.05, 0.1) is 52.3 Å². The zero-order valence-corrected chi connectivity index (χ0v) is 31.3. The van der Waals surface area contributed by atoms with Crippen LogP contribution in [-0.4, -0.2) is 40.4 Å². The van der Waals surface area contributed by atoms with Crippen LogP contribution in [0.15, 0.2) is 96.6 Å². The predicted molar refractivity (Wildman–Crippen MR) is 197 cm³/mol. The summed E-state index contributed by atoms with van der Waals surface area (Å²) in [5.74, 6) is -10.6. The third-order valence-electron chi connectivity index (χ3n) is 11.7. The van der Waals surface area contributed by atoms with E-state index in [2.05, 4.69) is 5.43 Å². The standard InChI is InChI=1S/C42H31ClF7N3O6/c1-2-59-33-15-20(3-14-32(33)54)35-28-12-13-29-34(38(57)52(36(29)55)27-17-22(41(45,46)47)16-23(18-27)42(48,49)50)30(28)19-31-37(56)53(51-26-10-8-25(44)9-11-26)39(58)40(31,35)21-4-6-24(43)7-5-21/h3-12,14-18,29-31,34-35,51,54H,2,13,19H2,1H3/t29-,30+,31-,34-,35-,40+/m0/s1. The molecule has 4 amide bonds. The van der Waals surface area contributed by atoms with Crippen LogP contribution < -0.4 is 15.1 Å². The lowest BCUT2D eigenvalue weighted by molar-refractivity contribution is -0.143. The van der Waals surface area contributed by atoms with E-state index in [0.717, 1.165) is 17.1 Å². The van der Waals surface area contributed by atoms with E-state index in [4.69, 9.17) is 16.3 Å². The van der Waals surface area contributed by atoms with Gasteiger partial charge in [0, 0.05) is 10.9 Å². The van der Waals surface area contributed by atoms with E-state index in [1.165, 1.54) is 42.5 Å². The van der Waals surface area contributed by atoms with Gasteiger partial charge in [-0.1, -0.05) is 41.4 Å². The van der Waals surface area contributed by atoms with Gasteiger partial charge in [0.2, 0.25) is 11.8 Å².